The molecule has 0 radical (unpaired) electrons. The van der Waals surface area contributed by atoms with Crippen LogP contribution in [0.4, 0.5) is 11.4 Å². The largest absolute Gasteiger partial charge is 0.322 e. The Balaban J connectivity index is 1.61. The molecule has 2 heterocycles. The molecule has 0 aliphatic rings. The first kappa shape index (κ1) is 18.0. The fourth-order valence-electron chi connectivity index (χ4n) is 2.88. The third kappa shape index (κ3) is 3.86. The third-order valence-electron chi connectivity index (χ3n) is 4.26. The number of carbonyl (C=O) groups is 1. The van der Waals surface area contributed by atoms with Crippen molar-refractivity contribution < 1.29 is 9.72 Å². The van der Waals surface area contributed by atoms with Crippen molar-refractivity contribution in [2.45, 2.75) is 6.54 Å². The second-order valence-electron chi connectivity index (χ2n) is 6.12. The van der Waals surface area contributed by atoms with Gasteiger partial charge in [0.2, 0.25) is 0 Å². The molecular formula is C19H15N7O3. The second kappa shape index (κ2) is 7.72. The third-order valence-corrected chi connectivity index (χ3v) is 4.26. The molecule has 0 atom stereocenters. The van der Waals surface area contributed by atoms with Gasteiger partial charge in [0.15, 0.2) is 0 Å². The molecule has 0 saturated carbocycles. The van der Waals surface area contributed by atoms with Crippen LogP contribution in [0.25, 0.3) is 5.69 Å². The Morgan fingerprint density at radius 3 is 2.72 bits per heavy atom. The Kier molecular flexibility index (Phi) is 4.81. The molecule has 144 valence electrons. The van der Waals surface area contributed by atoms with Gasteiger partial charge >= 0.3 is 0 Å². The maximum absolute atomic E-state index is 12.8. The van der Waals surface area contributed by atoms with Crippen LogP contribution in [0, 0.1) is 10.1 Å². The van der Waals surface area contributed by atoms with Crippen molar-refractivity contribution in [3.05, 3.63) is 94.8 Å². The average Bonchev–Trinajstić information content (AvgIpc) is 3.43. The molecule has 10 heteroatoms. The first-order chi connectivity index (χ1) is 14.1. The van der Waals surface area contributed by atoms with Gasteiger partial charge in [0, 0.05) is 29.7 Å². The van der Waals surface area contributed by atoms with E-state index in [1.807, 2.05) is 24.4 Å². The Hall–Kier alpha value is -4.34. The lowest BCUT2D eigenvalue weighted by Gasteiger charge is -2.12. The van der Waals surface area contributed by atoms with Crippen LogP contribution in [0.15, 0.2) is 73.6 Å². The molecule has 0 unspecified atom stereocenters. The Bertz CT molecular complexity index is 1150. The molecule has 10 nitrogen and oxygen atoms in total. The van der Waals surface area contributed by atoms with Crippen LogP contribution in [0.3, 0.4) is 0 Å². The lowest BCUT2D eigenvalue weighted by Crippen LogP contribution is -2.15. The summed E-state index contributed by atoms with van der Waals surface area (Å²) in [7, 11) is 0. The molecule has 1 amide bonds. The molecule has 0 saturated heterocycles. The summed E-state index contributed by atoms with van der Waals surface area (Å²) in [6.45, 7) is 0.481. The summed E-state index contributed by atoms with van der Waals surface area (Å²) in [4.78, 5) is 27.5. The van der Waals surface area contributed by atoms with Crippen molar-refractivity contribution in [3.8, 4) is 5.69 Å². The number of carbonyl (C=O) groups excluding carboxylic acids is 1. The summed E-state index contributed by atoms with van der Waals surface area (Å²) in [5, 5.41) is 22.4. The number of nitrogens with zero attached hydrogens (tertiary/aromatic N) is 6. The van der Waals surface area contributed by atoms with E-state index in [-0.39, 0.29) is 16.9 Å². The van der Waals surface area contributed by atoms with Crippen LogP contribution in [0.2, 0.25) is 0 Å². The van der Waals surface area contributed by atoms with Crippen LogP contribution in [-0.2, 0) is 6.54 Å². The van der Waals surface area contributed by atoms with E-state index in [0.717, 1.165) is 5.56 Å². The van der Waals surface area contributed by atoms with E-state index in [1.54, 1.807) is 23.0 Å². The summed E-state index contributed by atoms with van der Waals surface area (Å²) < 4.78 is 3.02. The monoisotopic (exact) mass is 389 g/mol. The van der Waals surface area contributed by atoms with Crippen molar-refractivity contribution in [2.24, 2.45) is 0 Å². The highest BCUT2D eigenvalue weighted by Crippen LogP contribution is 2.24. The molecule has 29 heavy (non-hydrogen) atoms. The standard InChI is InChI=1S/C19H15N7O3/c27-19(23-16-5-2-1-4-15(16)11-24-9-3-8-21-24)14-6-7-17(18(10-14)26(28)29)25-13-20-12-22-25/h1-10,12-13H,11H2,(H,23,27). The van der Waals surface area contributed by atoms with Gasteiger partial charge in [-0.05, 0) is 29.8 Å². The zero-order chi connectivity index (χ0) is 20.2. The Morgan fingerprint density at radius 1 is 1.14 bits per heavy atom. The number of hydrogen-bond acceptors (Lipinski definition) is 6. The Labute approximate surface area is 164 Å². The summed E-state index contributed by atoms with van der Waals surface area (Å²) in [5.41, 5.74) is 1.61. The maximum Gasteiger partial charge on any atom is 0.295 e. The SMILES string of the molecule is O=C(Nc1ccccc1Cn1cccn1)c1ccc(-n2cncn2)c([N+](=O)[O-])c1. The maximum atomic E-state index is 12.8. The quantitative estimate of drug-likeness (QED) is 0.400. The van der Waals surface area contributed by atoms with E-state index in [4.69, 9.17) is 0 Å². The Morgan fingerprint density at radius 2 is 2.00 bits per heavy atom. The summed E-state index contributed by atoms with van der Waals surface area (Å²) >= 11 is 0. The highest BCUT2D eigenvalue weighted by atomic mass is 16.6. The van der Waals surface area contributed by atoms with Crippen molar-refractivity contribution >= 4 is 17.3 Å². The second-order valence-corrected chi connectivity index (χ2v) is 6.12. The van der Waals surface area contributed by atoms with Crippen LogP contribution >= 0.6 is 0 Å². The molecule has 0 aliphatic carbocycles. The number of nitro groups is 1. The highest BCUT2D eigenvalue weighted by Gasteiger charge is 2.20. The molecule has 1 N–H and O–H groups in total. The number of aromatic nitrogens is 5. The minimum atomic E-state index is -0.556. The normalized spacial score (nSPS) is 10.6. The number of rotatable bonds is 6. The van der Waals surface area contributed by atoms with E-state index in [9.17, 15) is 14.9 Å². The summed E-state index contributed by atoms with van der Waals surface area (Å²) in [6.07, 6.45) is 6.14. The van der Waals surface area contributed by atoms with E-state index < -0.39 is 10.8 Å². The lowest BCUT2D eigenvalue weighted by atomic mass is 10.1. The average molecular weight is 389 g/mol. The van der Waals surface area contributed by atoms with E-state index in [1.165, 1.54) is 35.5 Å². The zero-order valence-corrected chi connectivity index (χ0v) is 15.0. The fraction of sp³-hybridized carbons (Fsp3) is 0.0526. The van der Waals surface area contributed by atoms with Crippen molar-refractivity contribution in [1.29, 1.82) is 0 Å². The number of nitro benzene ring substituents is 1. The van der Waals surface area contributed by atoms with Gasteiger partial charge in [-0.2, -0.15) is 10.2 Å². The zero-order valence-electron chi connectivity index (χ0n) is 15.0. The van der Waals surface area contributed by atoms with Crippen molar-refractivity contribution in [3.63, 3.8) is 0 Å². The van der Waals surface area contributed by atoms with Crippen LogP contribution in [0.1, 0.15) is 15.9 Å². The topological polar surface area (TPSA) is 121 Å². The van der Waals surface area contributed by atoms with Crippen LogP contribution in [0.5, 0.6) is 0 Å². The molecular weight excluding hydrogens is 374 g/mol. The van der Waals surface area contributed by atoms with Gasteiger partial charge in [-0.1, -0.05) is 18.2 Å². The summed E-state index contributed by atoms with van der Waals surface area (Å²) in [6, 6.07) is 13.3. The van der Waals surface area contributed by atoms with Crippen LogP contribution in [-0.4, -0.2) is 35.4 Å². The smallest absolute Gasteiger partial charge is 0.295 e. The van der Waals surface area contributed by atoms with Gasteiger partial charge in [-0.3, -0.25) is 19.6 Å². The van der Waals surface area contributed by atoms with Gasteiger partial charge in [0.1, 0.15) is 18.3 Å². The van der Waals surface area contributed by atoms with Gasteiger partial charge in [-0.15, -0.1) is 0 Å². The fourth-order valence-corrected chi connectivity index (χ4v) is 2.88. The number of amides is 1. The number of para-hydroxylation sites is 1. The molecule has 2 aromatic carbocycles. The molecule has 0 aliphatic heterocycles. The van der Waals surface area contributed by atoms with E-state index in [2.05, 4.69) is 20.5 Å². The number of nitrogens with one attached hydrogen (secondary N) is 1. The number of benzene rings is 2. The van der Waals surface area contributed by atoms with E-state index in [0.29, 0.717) is 12.2 Å². The minimum absolute atomic E-state index is 0.162. The van der Waals surface area contributed by atoms with Gasteiger partial charge in [-0.25, -0.2) is 9.67 Å². The van der Waals surface area contributed by atoms with E-state index >= 15 is 0 Å². The van der Waals surface area contributed by atoms with Crippen molar-refractivity contribution in [1.82, 2.24) is 24.5 Å². The van der Waals surface area contributed by atoms with Gasteiger partial charge in [0.25, 0.3) is 11.6 Å². The first-order valence-electron chi connectivity index (χ1n) is 8.62. The highest BCUT2D eigenvalue weighted by molar-refractivity contribution is 6.05. The molecule has 4 rings (SSSR count). The number of hydrogen-bond donors (Lipinski definition) is 1. The molecule has 4 aromatic rings. The molecule has 0 fully saturated rings. The molecule has 2 aromatic heterocycles. The predicted molar refractivity (Wildman–Crippen MR) is 104 cm³/mol. The van der Waals surface area contributed by atoms with Gasteiger partial charge in [0.05, 0.1) is 11.5 Å². The predicted octanol–water partition coefficient (Wildman–Crippen LogP) is 2.67. The first-order valence-corrected chi connectivity index (χ1v) is 8.62. The van der Waals surface area contributed by atoms with Crippen LogP contribution < -0.4 is 5.32 Å². The minimum Gasteiger partial charge on any atom is -0.322 e. The van der Waals surface area contributed by atoms with Crippen molar-refractivity contribution in [2.75, 3.05) is 5.32 Å². The summed E-state index contributed by atoms with van der Waals surface area (Å²) in [5.74, 6) is -0.453. The number of anilines is 1. The van der Waals surface area contributed by atoms with Gasteiger partial charge < -0.3 is 5.32 Å². The molecule has 0 bridgehead atoms. The lowest BCUT2D eigenvalue weighted by molar-refractivity contribution is -0.384. The molecule has 0 spiro atoms.